The number of ether oxygens (including phenoxy) is 1. The molecule has 2 unspecified atom stereocenters. The predicted octanol–water partition coefficient (Wildman–Crippen LogP) is -1.41. The number of hydrogen-bond donors (Lipinski definition) is 2. The molecule has 0 saturated carbocycles. The highest BCUT2D eigenvalue weighted by Crippen LogP contribution is 2.08. The monoisotopic (exact) mass is 198 g/mol. The molecule has 1 aliphatic rings. The van der Waals surface area contributed by atoms with Crippen molar-refractivity contribution in [3.8, 4) is 6.07 Å². The number of carbonyl (C=O) groups is 1. The Morgan fingerprint density at radius 1 is 1.86 bits per heavy atom. The van der Waals surface area contributed by atoms with E-state index >= 15 is 0 Å². The molecular weight excluding hydrogens is 184 g/mol. The van der Waals surface area contributed by atoms with E-state index in [0.717, 1.165) is 0 Å². The maximum atomic E-state index is 11.2. The third-order valence-electron chi connectivity index (χ3n) is 2.31. The summed E-state index contributed by atoms with van der Waals surface area (Å²) in [6.07, 6.45) is -0.447. The van der Waals surface area contributed by atoms with Crippen LogP contribution in [0.1, 0.15) is 6.92 Å². The molecule has 1 saturated heterocycles. The van der Waals surface area contributed by atoms with Crippen molar-refractivity contribution in [3.63, 3.8) is 0 Å². The molecule has 0 radical (unpaired) electrons. The van der Waals surface area contributed by atoms with Crippen molar-refractivity contribution in [2.45, 2.75) is 19.1 Å². The van der Waals surface area contributed by atoms with Crippen molar-refractivity contribution in [1.82, 2.24) is 10.3 Å². The molecule has 0 bridgehead atoms. The summed E-state index contributed by atoms with van der Waals surface area (Å²) in [6, 6.07) is 1.70. The highest BCUT2D eigenvalue weighted by atomic mass is 16.5. The number of nitrogens with two attached hydrogens (primary N) is 1. The van der Waals surface area contributed by atoms with E-state index in [0.29, 0.717) is 19.7 Å². The average Bonchev–Trinajstić information content (AvgIpc) is 2.27. The molecule has 1 fully saturated rings. The third-order valence-corrected chi connectivity index (χ3v) is 2.31. The lowest BCUT2D eigenvalue weighted by atomic mass is 10.2. The first-order valence-electron chi connectivity index (χ1n) is 4.44. The predicted molar refractivity (Wildman–Crippen MR) is 48.7 cm³/mol. The maximum absolute atomic E-state index is 11.2. The second-order valence-electron chi connectivity index (χ2n) is 3.17. The second-order valence-corrected chi connectivity index (χ2v) is 3.17. The number of amides is 1. The van der Waals surface area contributed by atoms with Crippen molar-refractivity contribution < 1.29 is 9.53 Å². The van der Waals surface area contributed by atoms with Crippen LogP contribution in [0.25, 0.3) is 0 Å². The van der Waals surface area contributed by atoms with Gasteiger partial charge in [-0.15, -0.1) is 0 Å². The molecule has 78 valence electrons. The van der Waals surface area contributed by atoms with Gasteiger partial charge in [0.1, 0.15) is 0 Å². The quantitative estimate of drug-likeness (QED) is 0.323. The van der Waals surface area contributed by atoms with Crippen molar-refractivity contribution >= 4 is 5.91 Å². The molecule has 0 aliphatic carbocycles. The minimum absolute atomic E-state index is 0.247. The molecule has 2 atom stereocenters. The van der Waals surface area contributed by atoms with Gasteiger partial charge in [0.05, 0.1) is 18.7 Å². The highest BCUT2D eigenvalue weighted by molar-refractivity contribution is 5.80. The minimum atomic E-state index is -0.447. The average molecular weight is 198 g/mol. The van der Waals surface area contributed by atoms with Crippen LogP contribution in [0.15, 0.2) is 0 Å². The van der Waals surface area contributed by atoms with E-state index in [-0.39, 0.29) is 11.9 Å². The molecular formula is C8H14N4O2. The molecule has 6 heteroatoms. The summed E-state index contributed by atoms with van der Waals surface area (Å²) < 4.78 is 5.16. The van der Waals surface area contributed by atoms with Gasteiger partial charge in [-0.05, 0) is 6.92 Å². The molecule has 6 nitrogen and oxygen atoms in total. The van der Waals surface area contributed by atoms with Gasteiger partial charge in [0.2, 0.25) is 0 Å². The number of carbonyl (C=O) groups excluding carboxylic acids is 1. The van der Waals surface area contributed by atoms with Crippen LogP contribution in [0.2, 0.25) is 0 Å². The Bertz CT molecular complexity index is 250. The van der Waals surface area contributed by atoms with E-state index in [9.17, 15) is 4.79 Å². The summed E-state index contributed by atoms with van der Waals surface area (Å²) in [5, 5.41) is 8.66. The van der Waals surface area contributed by atoms with Gasteiger partial charge >= 0.3 is 0 Å². The van der Waals surface area contributed by atoms with Gasteiger partial charge in [-0.2, -0.15) is 5.26 Å². The smallest absolute Gasteiger partial charge is 0.250 e. The van der Waals surface area contributed by atoms with Crippen molar-refractivity contribution in [2.75, 3.05) is 19.7 Å². The van der Waals surface area contributed by atoms with Gasteiger partial charge in [-0.1, -0.05) is 0 Å². The molecule has 1 rings (SSSR count). The number of nitrogens with one attached hydrogen (secondary N) is 1. The lowest BCUT2D eigenvalue weighted by molar-refractivity contribution is -0.128. The Balaban J connectivity index is 2.52. The normalized spacial score (nSPS) is 25.1. The number of hydrazine groups is 1. The lowest BCUT2D eigenvalue weighted by Crippen LogP contribution is -2.53. The van der Waals surface area contributed by atoms with Gasteiger partial charge in [0.25, 0.3) is 5.91 Å². The Labute approximate surface area is 82.6 Å². The van der Waals surface area contributed by atoms with Crippen LogP contribution >= 0.6 is 0 Å². The van der Waals surface area contributed by atoms with Crippen LogP contribution in [0.3, 0.4) is 0 Å². The SMILES string of the molecule is CC(C(=O)NN)N1CCOC(C#N)C1. The molecule has 0 spiro atoms. The molecule has 1 heterocycles. The zero-order chi connectivity index (χ0) is 10.6. The van der Waals surface area contributed by atoms with Gasteiger partial charge in [0, 0.05) is 13.1 Å². The molecule has 0 aromatic carbocycles. The zero-order valence-electron chi connectivity index (χ0n) is 8.06. The van der Waals surface area contributed by atoms with Crippen LogP contribution in [0.4, 0.5) is 0 Å². The third kappa shape index (κ3) is 2.42. The first-order chi connectivity index (χ1) is 6.69. The largest absolute Gasteiger partial charge is 0.361 e. The van der Waals surface area contributed by atoms with Crippen molar-refractivity contribution in [1.29, 1.82) is 5.26 Å². The molecule has 0 aromatic rings. The maximum Gasteiger partial charge on any atom is 0.250 e. The summed E-state index contributed by atoms with van der Waals surface area (Å²) in [6.45, 7) is 3.32. The fourth-order valence-electron chi connectivity index (χ4n) is 1.39. The summed E-state index contributed by atoms with van der Waals surface area (Å²) in [4.78, 5) is 13.1. The summed E-state index contributed by atoms with van der Waals surface area (Å²) in [5.41, 5.74) is 2.09. The summed E-state index contributed by atoms with van der Waals surface area (Å²) in [7, 11) is 0. The fourth-order valence-corrected chi connectivity index (χ4v) is 1.39. The van der Waals surface area contributed by atoms with Crippen LogP contribution < -0.4 is 11.3 Å². The Morgan fingerprint density at radius 3 is 3.14 bits per heavy atom. The number of morpholine rings is 1. The van der Waals surface area contributed by atoms with E-state index in [4.69, 9.17) is 15.8 Å². The Morgan fingerprint density at radius 2 is 2.57 bits per heavy atom. The van der Waals surface area contributed by atoms with Crippen LogP contribution in [-0.4, -0.2) is 42.6 Å². The number of nitriles is 1. The minimum Gasteiger partial charge on any atom is -0.361 e. The molecule has 0 aromatic heterocycles. The fraction of sp³-hybridized carbons (Fsp3) is 0.750. The molecule has 3 N–H and O–H groups in total. The van der Waals surface area contributed by atoms with Crippen molar-refractivity contribution in [2.24, 2.45) is 5.84 Å². The first kappa shape index (κ1) is 10.9. The van der Waals surface area contributed by atoms with E-state index < -0.39 is 6.10 Å². The van der Waals surface area contributed by atoms with Crippen LogP contribution in [0.5, 0.6) is 0 Å². The summed E-state index contributed by atoms with van der Waals surface area (Å²) >= 11 is 0. The van der Waals surface area contributed by atoms with Crippen molar-refractivity contribution in [3.05, 3.63) is 0 Å². The topological polar surface area (TPSA) is 91.4 Å². The molecule has 14 heavy (non-hydrogen) atoms. The Kier molecular flexibility index (Phi) is 3.83. The zero-order valence-corrected chi connectivity index (χ0v) is 8.06. The number of hydrogen-bond acceptors (Lipinski definition) is 5. The van der Waals surface area contributed by atoms with Gasteiger partial charge in [-0.3, -0.25) is 15.1 Å². The van der Waals surface area contributed by atoms with Crippen LogP contribution in [-0.2, 0) is 9.53 Å². The first-order valence-corrected chi connectivity index (χ1v) is 4.44. The van der Waals surface area contributed by atoms with Crippen LogP contribution in [0, 0.1) is 11.3 Å². The molecule has 1 aliphatic heterocycles. The van der Waals surface area contributed by atoms with E-state index in [2.05, 4.69) is 5.43 Å². The van der Waals surface area contributed by atoms with Gasteiger partial charge in [0.15, 0.2) is 6.10 Å². The van der Waals surface area contributed by atoms with Gasteiger partial charge in [-0.25, -0.2) is 5.84 Å². The lowest BCUT2D eigenvalue weighted by Gasteiger charge is -2.33. The second kappa shape index (κ2) is 4.91. The van der Waals surface area contributed by atoms with E-state index in [1.165, 1.54) is 0 Å². The van der Waals surface area contributed by atoms with E-state index in [1.807, 2.05) is 11.0 Å². The standard InChI is InChI=1S/C8H14N4O2/c1-6(8(13)11-10)12-2-3-14-7(4-9)5-12/h6-7H,2-3,5,10H2,1H3,(H,11,13). The number of rotatable bonds is 2. The van der Waals surface area contributed by atoms with Gasteiger partial charge < -0.3 is 4.74 Å². The Hall–Kier alpha value is -1.16. The molecule has 1 amide bonds. The van der Waals surface area contributed by atoms with E-state index in [1.54, 1.807) is 6.92 Å². The summed E-state index contributed by atoms with van der Waals surface area (Å²) in [5.74, 6) is 4.78. The highest BCUT2D eigenvalue weighted by Gasteiger charge is 2.27. The number of nitrogens with zero attached hydrogens (tertiary/aromatic N) is 2.